The summed E-state index contributed by atoms with van der Waals surface area (Å²) in [4.78, 5) is 11.9. The summed E-state index contributed by atoms with van der Waals surface area (Å²) in [5, 5.41) is 10.5. The zero-order chi connectivity index (χ0) is 18.4. The largest absolute Gasteiger partial charge is 0.499 e. The Morgan fingerprint density at radius 2 is 2.00 bits per heavy atom. The number of hydrogen-bond donors (Lipinski definition) is 1. The zero-order valence-electron chi connectivity index (χ0n) is 15.1. The zero-order valence-corrected chi connectivity index (χ0v) is 15.1. The Kier molecular flexibility index (Phi) is 6.28. The molecule has 0 saturated carbocycles. The third-order valence-corrected chi connectivity index (χ3v) is 3.80. The minimum atomic E-state index is -0.851. The highest BCUT2D eigenvalue weighted by molar-refractivity contribution is 5.89. The van der Waals surface area contributed by atoms with Crippen molar-refractivity contribution in [3.8, 4) is 17.2 Å². The summed E-state index contributed by atoms with van der Waals surface area (Å²) in [6.45, 7) is 6.43. The van der Waals surface area contributed by atoms with Crippen molar-refractivity contribution in [1.82, 2.24) is 0 Å². The van der Waals surface area contributed by atoms with E-state index in [4.69, 9.17) is 13.9 Å². The summed E-state index contributed by atoms with van der Waals surface area (Å²) in [5.74, 6) is -0.0114. The summed E-state index contributed by atoms with van der Waals surface area (Å²) in [6, 6.07) is 5.13. The lowest BCUT2D eigenvalue weighted by atomic mass is 10.1. The van der Waals surface area contributed by atoms with E-state index >= 15 is 0 Å². The number of aromatic hydroxyl groups is 1. The van der Waals surface area contributed by atoms with Gasteiger partial charge in [-0.1, -0.05) is 23.3 Å². The van der Waals surface area contributed by atoms with Gasteiger partial charge in [-0.3, -0.25) is 0 Å². The highest BCUT2D eigenvalue weighted by Gasteiger charge is 2.17. The average Bonchev–Trinajstić information content (AvgIpc) is 2.57. The monoisotopic (exact) mass is 344 g/mol. The first-order chi connectivity index (χ1) is 11.9. The highest BCUT2D eigenvalue weighted by atomic mass is 16.5. The molecule has 0 spiro atoms. The van der Waals surface area contributed by atoms with Crippen molar-refractivity contribution < 1.29 is 19.0 Å². The van der Waals surface area contributed by atoms with Gasteiger partial charge >= 0.3 is 5.63 Å². The maximum Gasteiger partial charge on any atom is 0.382 e. The van der Waals surface area contributed by atoms with Gasteiger partial charge < -0.3 is 19.0 Å². The molecule has 0 aliphatic heterocycles. The number of hydrogen-bond acceptors (Lipinski definition) is 5. The normalized spacial score (nSPS) is 11.4. The molecule has 1 N–H and O–H groups in total. The molecule has 0 amide bonds. The molecule has 134 valence electrons. The van der Waals surface area contributed by atoms with Crippen molar-refractivity contribution in [3.05, 3.63) is 51.9 Å². The topological polar surface area (TPSA) is 68.9 Å². The molecule has 25 heavy (non-hydrogen) atoms. The maximum absolute atomic E-state index is 11.9. The molecule has 0 aliphatic rings. The first-order valence-corrected chi connectivity index (χ1v) is 8.18. The minimum absolute atomic E-state index is 0.110. The van der Waals surface area contributed by atoms with Crippen LogP contribution in [-0.2, 0) is 0 Å². The Balaban J connectivity index is 2.22. The van der Waals surface area contributed by atoms with Crippen LogP contribution >= 0.6 is 0 Å². The van der Waals surface area contributed by atoms with E-state index in [0.717, 1.165) is 12.8 Å². The fraction of sp³-hybridized carbons (Fsp3) is 0.350. The van der Waals surface area contributed by atoms with Gasteiger partial charge in [-0.25, -0.2) is 4.79 Å². The fourth-order valence-electron chi connectivity index (χ4n) is 2.43. The number of benzene rings is 1. The van der Waals surface area contributed by atoms with Gasteiger partial charge in [0.15, 0.2) is 17.1 Å². The molecule has 2 aromatic rings. The van der Waals surface area contributed by atoms with Crippen LogP contribution in [0.1, 0.15) is 33.6 Å². The summed E-state index contributed by atoms with van der Waals surface area (Å²) in [7, 11) is 1.49. The van der Waals surface area contributed by atoms with Gasteiger partial charge in [0.25, 0.3) is 0 Å². The van der Waals surface area contributed by atoms with Crippen LogP contribution in [0.2, 0.25) is 0 Å². The van der Waals surface area contributed by atoms with Crippen LogP contribution in [0.25, 0.3) is 11.0 Å². The van der Waals surface area contributed by atoms with E-state index in [1.54, 1.807) is 18.2 Å². The molecule has 0 fully saturated rings. The molecule has 0 aliphatic carbocycles. The molecule has 1 aromatic carbocycles. The van der Waals surface area contributed by atoms with E-state index in [1.165, 1.54) is 18.3 Å². The summed E-state index contributed by atoms with van der Waals surface area (Å²) < 4.78 is 16.0. The lowest BCUT2D eigenvalue weighted by Crippen LogP contribution is -2.04. The van der Waals surface area contributed by atoms with E-state index in [9.17, 15) is 9.90 Å². The summed E-state index contributed by atoms with van der Waals surface area (Å²) >= 11 is 0. The number of rotatable bonds is 7. The second-order valence-corrected chi connectivity index (χ2v) is 6.09. The molecular formula is C20H24O5. The summed E-state index contributed by atoms with van der Waals surface area (Å²) in [5.41, 5.74) is 1.88. The molecule has 5 heteroatoms. The first kappa shape index (κ1) is 18.6. The lowest BCUT2D eigenvalue weighted by molar-refractivity contribution is 0.325. The molecule has 0 atom stereocenters. The Hall–Kier alpha value is -2.69. The van der Waals surface area contributed by atoms with Crippen molar-refractivity contribution >= 4 is 11.0 Å². The van der Waals surface area contributed by atoms with Crippen LogP contribution in [0.5, 0.6) is 17.2 Å². The lowest BCUT2D eigenvalue weighted by Gasteiger charge is -2.10. The molecule has 1 aromatic heterocycles. The molecule has 0 unspecified atom stereocenters. The Bertz CT molecular complexity index is 854. The van der Waals surface area contributed by atoms with Crippen molar-refractivity contribution in [2.24, 2.45) is 0 Å². The smallest absolute Gasteiger partial charge is 0.382 e. The number of allylic oxidation sites excluding steroid dienone is 3. The van der Waals surface area contributed by atoms with Crippen LogP contribution in [0.3, 0.4) is 0 Å². The van der Waals surface area contributed by atoms with Crippen molar-refractivity contribution in [1.29, 1.82) is 0 Å². The quantitative estimate of drug-likeness (QED) is 0.588. The van der Waals surface area contributed by atoms with Gasteiger partial charge in [0.2, 0.25) is 5.75 Å². The van der Waals surface area contributed by atoms with Gasteiger partial charge in [-0.15, -0.1) is 0 Å². The SMILES string of the molecule is COc1cccc2c(OCC=C(C)CCC=C(C)C)c(O)c(=O)oc12. The molecule has 5 nitrogen and oxygen atoms in total. The third kappa shape index (κ3) is 4.66. The van der Waals surface area contributed by atoms with Crippen molar-refractivity contribution in [2.75, 3.05) is 13.7 Å². The third-order valence-electron chi connectivity index (χ3n) is 3.80. The van der Waals surface area contributed by atoms with E-state index in [2.05, 4.69) is 19.9 Å². The van der Waals surface area contributed by atoms with Crippen LogP contribution in [0.15, 0.2) is 50.7 Å². The molecule has 0 radical (unpaired) electrons. The van der Waals surface area contributed by atoms with Gasteiger partial charge in [-0.2, -0.15) is 0 Å². The highest BCUT2D eigenvalue weighted by Crippen LogP contribution is 2.36. The van der Waals surface area contributed by atoms with E-state index in [0.29, 0.717) is 11.1 Å². The maximum atomic E-state index is 11.9. The van der Waals surface area contributed by atoms with Gasteiger partial charge in [0.1, 0.15) is 6.61 Å². The predicted octanol–water partition coefficient (Wildman–Crippen LogP) is 4.58. The summed E-state index contributed by atoms with van der Waals surface area (Å²) in [6.07, 6.45) is 6.04. The van der Waals surface area contributed by atoms with E-state index < -0.39 is 11.4 Å². The fourth-order valence-corrected chi connectivity index (χ4v) is 2.43. The predicted molar refractivity (Wildman–Crippen MR) is 98.6 cm³/mol. The Morgan fingerprint density at radius 1 is 1.24 bits per heavy atom. The van der Waals surface area contributed by atoms with Crippen molar-refractivity contribution in [3.63, 3.8) is 0 Å². The van der Waals surface area contributed by atoms with E-state index in [1.807, 2.05) is 13.0 Å². The second-order valence-electron chi connectivity index (χ2n) is 6.09. The number of fused-ring (bicyclic) bond motifs is 1. The van der Waals surface area contributed by atoms with Crippen LogP contribution in [0.4, 0.5) is 0 Å². The van der Waals surface area contributed by atoms with Crippen molar-refractivity contribution in [2.45, 2.75) is 33.6 Å². The van der Waals surface area contributed by atoms with Gasteiger partial charge in [0.05, 0.1) is 12.5 Å². The molecule has 2 rings (SSSR count). The molecular weight excluding hydrogens is 320 g/mol. The first-order valence-electron chi connectivity index (χ1n) is 8.18. The Labute approximate surface area is 147 Å². The number of methoxy groups -OCH3 is 1. The van der Waals surface area contributed by atoms with Gasteiger partial charge in [-0.05, 0) is 51.8 Å². The van der Waals surface area contributed by atoms with Crippen LogP contribution in [0, 0.1) is 0 Å². The molecule has 1 heterocycles. The Morgan fingerprint density at radius 3 is 2.68 bits per heavy atom. The average molecular weight is 344 g/mol. The molecule has 0 saturated heterocycles. The number of para-hydroxylation sites is 1. The minimum Gasteiger partial charge on any atom is -0.499 e. The standard InChI is InChI=1S/C20H24O5/c1-13(2)7-5-8-14(3)11-12-24-19-15-9-6-10-16(23-4)18(15)25-20(22)17(19)21/h6-7,9-11,21H,5,8,12H2,1-4H3. The van der Waals surface area contributed by atoms with Gasteiger partial charge in [0, 0.05) is 0 Å². The molecule has 0 bridgehead atoms. The van der Waals surface area contributed by atoms with Crippen LogP contribution < -0.4 is 15.1 Å². The van der Waals surface area contributed by atoms with Crippen LogP contribution in [-0.4, -0.2) is 18.8 Å². The second kappa shape index (κ2) is 8.42. The van der Waals surface area contributed by atoms with E-state index in [-0.39, 0.29) is 17.9 Å². The number of ether oxygens (including phenoxy) is 2.